The zero-order valence-corrected chi connectivity index (χ0v) is 14.7. The Morgan fingerprint density at radius 2 is 2.27 bits per heavy atom. The fourth-order valence-corrected chi connectivity index (χ4v) is 3.85. The van der Waals surface area contributed by atoms with E-state index in [1.165, 1.54) is 0 Å². The van der Waals surface area contributed by atoms with Crippen LogP contribution in [-0.2, 0) is 4.74 Å². The number of fused-ring (bicyclic) bond motifs is 1. The van der Waals surface area contributed by atoms with Crippen LogP contribution < -0.4 is 4.74 Å². The van der Waals surface area contributed by atoms with Gasteiger partial charge in [-0.3, -0.25) is 9.78 Å². The van der Waals surface area contributed by atoms with Gasteiger partial charge >= 0.3 is 0 Å². The van der Waals surface area contributed by atoms with E-state index in [-0.39, 0.29) is 17.6 Å². The number of hydrogen-bond acceptors (Lipinski definition) is 6. The molecule has 7 heteroatoms. The second-order valence-electron chi connectivity index (χ2n) is 7.20. The molecule has 0 radical (unpaired) electrons. The molecule has 2 aliphatic heterocycles. The van der Waals surface area contributed by atoms with E-state index in [1.54, 1.807) is 30.7 Å². The molecule has 2 aromatic rings. The van der Waals surface area contributed by atoms with Crippen LogP contribution in [0.3, 0.4) is 0 Å². The summed E-state index contributed by atoms with van der Waals surface area (Å²) < 4.78 is 12.2. The lowest BCUT2D eigenvalue weighted by atomic mass is 9.89. The number of nitrogens with zero attached hydrogens (tertiary/aromatic N) is 4. The molecule has 0 aromatic carbocycles. The molecule has 3 atom stereocenters. The maximum atomic E-state index is 12.6. The van der Waals surface area contributed by atoms with Crippen LogP contribution in [0.5, 0.6) is 5.75 Å². The van der Waals surface area contributed by atoms with E-state index in [1.807, 2.05) is 17.0 Å². The maximum Gasteiger partial charge on any atom is 0.274 e. The molecule has 2 aliphatic rings. The highest BCUT2D eigenvalue weighted by atomic mass is 16.6. The third-order valence-electron chi connectivity index (χ3n) is 5.05. The van der Waals surface area contributed by atoms with Crippen molar-refractivity contribution in [2.24, 2.45) is 5.92 Å². The molecule has 0 N–H and O–H groups in total. The van der Waals surface area contributed by atoms with Gasteiger partial charge < -0.3 is 14.4 Å². The fourth-order valence-electron chi connectivity index (χ4n) is 3.85. The van der Waals surface area contributed by atoms with Crippen molar-refractivity contribution in [1.82, 2.24) is 20.1 Å². The summed E-state index contributed by atoms with van der Waals surface area (Å²) in [4.78, 5) is 18.5. The van der Waals surface area contributed by atoms with E-state index in [9.17, 15) is 4.79 Å². The molecule has 2 aromatic heterocycles. The van der Waals surface area contributed by atoms with Gasteiger partial charge in [0.1, 0.15) is 18.0 Å². The fraction of sp³-hybridized carbons (Fsp3) is 0.474. The molecule has 0 spiro atoms. The van der Waals surface area contributed by atoms with Crippen LogP contribution in [0.15, 0.2) is 42.9 Å². The third kappa shape index (κ3) is 3.53. The second kappa shape index (κ2) is 6.99. The quantitative estimate of drug-likeness (QED) is 0.835. The molecule has 7 nitrogen and oxygen atoms in total. The highest BCUT2D eigenvalue weighted by Gasteiger charge is 2.47. The van der Waals surface area contributed by atoms with Crippen molar-refractivity contribution in [3.8, 4) is 5.75 Å². The van der Waals surface area contributed by atoms with Crippen LogP contribution in [-0.4, -0.2) is 57.4 Å². The number of amides is 1. The Kier molecular flexibility index (Phi) is 4.55. The van der Waals surface area contributed by atoms with Crippen molar-refractivity contribution in [2.45, 2.75) is 31.5 Å². The molecule has 2 saturated heterocycles. The molecule has 0 unspecified atom stereocenters. The minimum absolute atomic E-state index is 0.0586. The van der Waals surface area contributed by atoms with Crippen LogP contribution in [0.1, 0.15) is 30.3 Å². The minimum atomic E-state index is -0.350. The number of ether oxygens (including phenoxy) is 2. The lowest BCUT2D eigenvalue weighted by molar-refractivity contribution is -0.0675. The summed E-state index contributed by atoms with van der Waals surface area (Å²) >= 11 is 0. The van der Waals surface area contributed by atoms with E-state index < -0.39 is 0 Å². The second-order valence-corrected chi connectivity index (χ2v) is 7.20. The first-order valence-corrected chi connectivity index (χ1v) is 8.91. The van der Waals surface area contributed by atoms with E-state index >= 15 is 0 Å². The summed E-state index contributed by atoms with van der Waals surface area (Å²) in [5.41, 5.74) is 0.0455. The van der Waals surface area contributed by atoms with Crippen LogP contribution in [0.2, 0.25) is 0 Å². The topological polar surface area (TPSA) is 77.4 Å². The van der Waals surface area contributed by atoms with Gasteiger partial charge in [-0.15, -0.1) is 5.10 Å². The smallest absolute Gasteiger partial charge is 0.274 e. The average molecular weight is 354 g/mol. The molecule has 26 heavy (non-hydrogen) atoms. The zero-order valence-electron chi connectivity index (χ0n) is 14.7. The monoisotopic (exact) mass is 354 g/mol. The number of aromatic nitrogens is 3. The Hall–Kier alpha value is -2.54. The standard InChI is InChI=1S/C19H22N4O3/c1-19(13-25-15-4-2-7-20-11-15)10-14-12-23(9-6-17(14)26-19)18(24)16-5-3-8-21-22-16/h2-5,7-8,11,14,17H,6,9-10,12-13H2,1H3/t14-,17+,19-/m1/s1. The van der Waals surface area contributed by atoms with Crippen molar-refractivity contribution in [3.05, 3.63) is 48.5 Å². The number of likely N-dealkylation sites (tertiary alicyclic amines) is 1. The molecule has 0 bridgehead atoms. The van der Waals surface area contributed by atoms with Gasteiger partial charge in [0.05, 0.1) is 12.3 Å². The summed E-state index contributed by atoms with van der Waals surface area (Å²) in [7, 11) is 0. The number of hydrogen-bond donors (Lipinski definition) is 0. The molecular formula is C19H22N4O3. The van der Waals surface area contributed by atoms with Crippen LogP contribution >= 0.6 is 0 Å². The molecule has 1 amide bonds. The molecule has 4 rings (SSSR count). The van der Waals surface area contributed by atoms with Crippen LogP contribution in [0.4, 0.5) is 0 Å². The highest BCUT2D eigenvalue weighted by molar-refractivity contribution is 5.92. The SMILES string of the molecule is C[C@]1(COc2cccnc2)C[C@@H]2CN(C(=O)c3cccnn3)CC[C@@H]2O1. The minimum Gasteiger partial charge on any atom is -0.489 e. The molecule has 136 valence electrons. The Labute approximate surface area is 152 Å². The van der Waals surface area contributed by atoms with Gasteiger partial charge in [-0.25, -0.2) is 0 Å². The van der Waals surface area contributed by atoms with Gasteiger partial charge in [-0.05, 0) is 44.0 Å². The molecule has 4 heterocycles. The molecular weight excluding hydrogens is 332 g/mol. The molecule has 2 fully saturated rings. The van der Waals surface area contributed by atoms with Crippen molar-refractivity contribution in [2.75, 3.05) is 19.7 Å². The number of pyridine rings is 1. The van der Waals surface area contributed by atoms with Gasteiger partial charge in [0.25, 0.3) is 5.91 Å². The molecule has 0 saturated carbocycles. The highest BCUT2D eigenvalue weighted by Crippen LogP contribution is 2.39. The number of carbonyl (C=O) groups is 1. The predicted octanol–water partition coefficient (Wildman–Crippen LogP) is 1.96. The lowest BCUT2D eigenvalue weighted by Crippen LogP contribution is -2.44. The first kappa shape index (κ1) is 16.9. The van der Waals surface area contributed by atoms with E-state index in [0.29, 0.717) is 31.3 Å². The van der Waals surface area contributed by atoms with E-state index in [2.05, 4.69) is 22.1 Å². The number of rotatable bonds is 4. The number of piperidine rings is 1. The average Bonchev–Trinajstić information content (AvgIpc) is 3.03. The van der Waals surface area contributed by atoms with Crippen molar-refractivity contribution in [1.29, 1.82) is 0 Å². The van der Waals surface area contributed by atoms with Crippen molar-refractivity contribution >= 4 is 5.91 Å². The van der Waals surface area contributed by atoms with E-state index in [4.69, 9.17) is 9.47 Å². The lowest BCUT2D eigenvalue weighted by Gasteiger charge is -2.33. The third-order valence-corrected chi connectivity index (χ3v) is 5.05. The van der Waals surface area contributed by atoms with Gasteiger partial charge in [0.15, 0.2) is 5.69 Å². The Bertz CT molecular complexity index is 758. The first-order valence-electron chi connectivity index (χ1n) is 8.91. The normalized spacial score (nSPS) is 27.8. The summed E-state index contributed by atoms with van der Waals surface area (Å²) in [6.45, 7) is 3.92. The van der Waals surface area contributed by atoms with Gasteiger partial charge in [-0.1, -0.05) is 0 Å². The Balaban J connectivity index is 1.37. The number of carbonyl (C=O) groups excluding carboxylic acids is 1. The van der Waals surface area contributed by atoms with Crippen LogP contribution in [0.25, 0.3) is 0 Å². The summed E-state index contributed by atoms with van der Waals surface area (Å²) in [6.07, 6.45) is 6.86. The molecule has 0 aliphatic carbocycles. The first-order chi connectivity index (χ1) is 12.6. The van der Waals surface area contributed by atoms with Gasteiger partial charge in [0.2, 0.25) is 0 Å². The Morgan fingerprint density at radius 1 is 1.38 bits per heavy atom. The predicted molar refractivity (Wildman–Crippen MR) is 93.7 cm³/mol. The largest absolute Gasteiger partial charge is 0.489 e. The van der Waals surface area contributed by atoms with E-state index in [0.717, 1.165) is 18.6 Å². The van der Waals surface area contributed by atoms with Crippen LogP contribution in [0, 0.1) is 5.92 Å². The van der Waals surface area contributed by atoms with Crippen molar-refractivity contribution in [3.63, 3.8) is 0 Å². The van der Waals surface area contributed by atoms with Gasteiger partial charge in [-0.2, -0.15) is 5.10 Å². The van der Waals surface area contributed by atoms with Crippen molar-refractivity contribution < 1.29 is 14.3 Å². The summed E-state index contributed by atoms with van der Waals surface area (Å²) in [5, 5.41) is 7.73. The summed E-state index contributed by atoms with van der Waals surface area (Å²) in [6, 6.07) is 7.18. The zero-order chi connectivity index (χ0) is 18.0. The van der Waals surface area contributed by atoms with Gasteiger partial charge in [0, 0.05) is 31.4 Å². The summed E-state index contributed by atoms with van der Waals surface area (Å²) in [5.74, 6) is 0.996. The maximum absolute atomic E-state index is 12.6. The Morgan fingerprint density at radius 3 is 3.04 bits per heavy atom.